The minimum absolute atomic E-state index is 0.0490. The molecule has 0 aromatic carbocycles. The Morgan fingerprint density at radius 1 is 1.50 bits per heavy atom. The second kappa shape index (κ2) is 6.85. The Bertz CT molecular complexity index is 405. The minimum Gasteiger partial charge on any atom is -0.317 e. The molecule has 5 heteroatoms. The van der Waals surface area contributed by atoms with Crippen LogP contribution < -0.4 is 10.6 Å². The molecule has 1 saturated heterocycles. The Labute approximate surface area is 116 Å². The number of pyridine rings is 1. The lowest BCUT2D eigenvalue weighted by Gasteiger charge is -2.22. The van der Waals surface area contributed by atoms with Gasteiger partial charge in [0.25, 0.3) is 0 Å². The number of carbonyl (C=O) groups excluding carboxylic acids is 1. The van der Waals surface area contributed by atoms with Gasteiger partial charge < -0.3 is 10.6 Å². The third-order valence-electron chi connectivity index (χ3n) is 3.25. The van der Waals surface area contributed by atoms with Gasteiger partial charge in [-0.1, -0.05) is 0 Å². The number of aromatic nitrogens is 1. The van der Waals surface area contributed by atoms with Crippen LogP contribution in [0.1, 0.15) is 25.7 Å². The van der Waals surface area contributed by atoms with E-state index < -0.39 is 0 Å². The zero-order valence-electron chi connectivity index (χ0n) is 10.3. The van der Waals surface area contributed by atoms with Gasteiger partial charge in [-0.15, -0.1) is 0 Å². The van der Waals surface area contributed by atoms with Crippen LogP contribution in [0.25, 0.3) is 0 Å². The summed E-state index contributed by atoms with van der Waals surface area (Å²) in [5.41, 5.74) is 0. The highest BCUT2D eigenvalue weighted by atomic mass is 79.9. The fourth-order valence-corrected chi connectivity index (χ4v) is 2.53. The Balaban J connectivity index is 1.76. The largest absolute Gasteiger partial charge is 0.317 e. The lowest BCUT2D eigenvalue weighted by molar-refractivity contribution is -0.116. The van der Waals surface area contributed by atoms with Crippen molar-refractivity contribution in [3.8, 4) is 0 Å². The van der Waals surface area contributed by atoms with E-state index in [9.17, 15) is 4.79 Å². The summed E-state index contributed by atoms with van der Waals surface area (Å²) < 4.78 is 0.820. The van der Waals surface area contributed by atoms with Crippen molar-refractivity contribution in [2.45, 2.75) is 25.7 Å². The number of carbonyl (C=O) groups is 1. The molecule has 1 aromatic heterocycles. The van der Waals surface area contributed by atoms with Crippen molar-refractivity contribution >= 4 is 27.7 Å². The van der Waals surface area contributed by atoms with Crippen molar-refractivity contribution in [2.75, 3.05) is 18.4 Å². The van der Waals surface area contributed by atoms with Crippen molar-refractivity contribution in [3.05, 3.63) is 22.8 Å². The number of hydrogen-bond donors (Lipinski definition) is 2. The van der Waals surface area contributed by atoms with E-state index >= 15 is 0 Å². The topological polar surface area (TPSA) is 54.0 Å². The molecule has 1 fully saturated rings. The predicted octanol–water partition coefficient (Wildman–Crippen LogP) is 2.56. The Morgan fingerprint density at radius 3 is 3.00 bits per heavy atom. The van der Waals surface area contributed by atoms with E-state index in [-0.39, 0.29) is 5.91 Å². The molecule has 0 atom stereocenters. The first-order chi connectivity index (χ1) is 8.75. The lowest BCUT2D eigenvalue weighted by Crippen LogP contribution is -2.28. The van der Waals surface area contributed by atoms with Crippen molar-refractivity contribution < 1.29 is 4.79 Å². The van der Waals surface area contributed by atoms with E-state index in [2.05, 4.69) is 31.5 Å². The molecule has 2 N–H and O–H groups in total. The summed E-state index contributed by atoms with van der Waals surface area (Å²) in [5, 5.41) is 6.17. The molecule has 18 heavy (non-hydrogen) atoms. The first-order valence-corrected chi connectivity index (χ1v) is 7.16. The summed E-state index contributed by atoms with van der Waals surface area (Å²) in [6.07, 6.45) is 5.58. The van der Waals surface area contributed by atoms with E-state index in [0.29, 0.717) is 18.2 Å². The quantitative estimate of drug-likeness (QED) is 0.898. The summed E-state index contributed by atoms with van der Waals surface area (Å²) in [4.78, 5) is 15.9. The van der Waals surface area contributed by atoms with Gasteiger partial charge in [0.15, 0.2) is 0 Å². The second-order valence-corrected chi connectivity index (χ2v) is 5.47. The normalized spacial score (nSPS) is 16.5. The number of hydrogen-bond acceptors (Lipinski definition) is 3. The zero-order valence-corrected chi connectivity index (χ0v) is 11.9. The molecule has 0 unspecified atom stereocenters. The number of rotatable bonds is 4. The minimum atomic E-state index is 0.0490. The molecule has 0 saturated carbocycles. The summed E-state index contributed by atoms with van der Waals surface area (Å²) in [7, 11) is 0. The van der Waals surface area contributed by atoms with E-state index in [0.717, 1.165) is 24.0 Å². The third-order valence-corrected chi connectivity index (χ3v) is 3.89. The molecule has 1 aliphatic rings. The summed E-state index contributed by atoms with van der Waals surface area (Å²) in [5.74, 6) is 1.34. The van der Waals surface area contributed by atoms with Crippen LogP contribution in [-0.2, 0) is 4.79 Å². The van der Waals surface area contributed by atoms with Gasteiger partial charge in [0.05, 0.1) is 4.47 Å². The molecule has 4 nitrogen and oxygen atoms in total. The number of nitrogens with zero attached hydrogens (tertiary/aromatic N) is 1. The molecule has 0 bridgehead atoms. The number of amides is 1. The summed E-state index contributed by atoms with van der Waals surface area (Å²) in [6, 6.07) is 3.70. The average Bonchev–Trinajstić information content (AvgIpc) is 2.40. The van der Waals surface area contributed by atoms with E-state index in [1.54, 1.807) is 6.20 Å². The van der Waals surface area contributed by atoms with Crippen LogP contribution in [0.4, 0.5) is 5.82 Å². The monoisotopic (exact) mass is 311 g/mol. The number of anilines is 1. The fraction of sp³-hybridized carbons (Fsp3) is 0.538. The van der Waals surface area contributed by atoms with Crippen LogP contribution in [0.5, 0.6) is 0 Å². The van der Waals surface area contributed by atoms with Gasteiger partial charge in [0, 0.05) is 12.6 Å². The van der Waals surface area contributed by atoms with Crippen molar-refractivity contribution in [1.29, 1.82) is 0 Å². The summed E-state index contributed by atoms with van der Waals surface area (Å²) >= 11 is 3.37. The standard InChI is InChI=1S/C13H18BrN3O/c14-11-2-1-7-16-13(11)17-12(18)4-3-10-5-8-15-9-6-10/h1-2,7,10,15H,3-6,8-9H2,(H,16,17,18). The van der Waals surface area contributed by atoms with Crippen LogP contribution >= 0.6 is 15.9 Å². The molecule has 0 aliphatic carbocycles. The second-order valence-electron chi connectivity index (χ2n) is 4.61. The average molecular weight is 312 g/mol. The molecule has 2 rings (SSSR count). The molecule has 0 spiro atoms. The number of piperidine rings is 1. The molecule has 1 aromatic rings. The van der Waals surface area contributed by atoms with Gasteiger partial charge in [-0.3, -0.25) is 4.79 Å². The van der Waals surface area contributed by atoms with Crippen molar-refractivity contribution in [2.24, 2.45) is 5.92 Å². The Morgan fingerprint density at radius 2 is 2.28 bits per heavy atom. The summed E-state index contributed by atoms with van der Waals surface area (Å²) in [6.45, 7) is 2.16. The van der Waals surface area contributed by atoms with E-state index in [1.165, 1.54) is 12.8 Å². The van der Waals surface area contributed by atoms with Gasteiger partial charge in [0.2, 0.25) is 5.91 Å². The van der Waals surface area contributed by atoms with Gasteiger partial charge in [-0.05, 0) is 66.3 Å². The smallest absolute Gasteiger partial charge is 0.225 e. The molecule has 2 heterocycles. The fourth-order valence-electron chi connectivity index (χ4n) is 2.18. The SMILES string of the molecule is O=C(CCC1CCNCC1)Nc1ncccc1Br. The first-order valence-electron chi connectivity index (χ1n) is 6.37. The van der Waals surface area contributed by atoms with Crippen LogP contribution in [0.2, 0.25) is 0 Å². The van der Waals surface area contributed by atoms with Gasteiger partial charge >= 0.3 is 0 Å². The van der Waals surface area contributed by atoms with Crippen LogP contribution in [0.15, 0.2) is 22.8 Å². The molecule has 1 amide bonds. The highest BCUT2D eigenvalue weighted by Gasteiger charge is 2.15. The van der Waals surface area contributed by atoms with E-state index in [4.69, 9.17) is 0 Å². The zero-order chi connectivity index (χ0) is 12.8. The van der Waals surface area contributed by atoms with Crippen molar-refractivity contribution in [1.82, 2.24) is 10.3 Å². The van der Waals surface area contributed by atoms with Crippen molar-refractivity contribution in [3.63, 3.8) is 0 Å². The molecule has 98 valence electrons. The number of nitrogens with one attached hydrogen (secondary N) is 2. The molecular formula is C13H18BrN3O. The Kier molecular flexibility index (Phi) is 5.13. The Hall–Kier alpha value is -0.940. The first kappa shape index (κ1) is 13.5. The molecular weight excluding hydrogens is 294 g/mol. The predicted molar refractivity (Wildman–Crippen MR) is 75.4 cm³/mol. The highest BCUT2D eigenvalue weighted by Crippen LogP contribution is 2.20. The van der Waals surface area contributed by atoms with E-state index in [1.807, 2.05) is 12.1 Å². The van der Waals surface area contributed by atoms with Crippen LogP contribution in [0.3, 0.4) is 0 Å². The maximum Gasteiger partial charge on any atom is 0.225 e. The van der Waals surface area contributed by atoms with Crippen LogP contribution in [0, 0.1) is 5.92 Å². The lowest BCUT2D eigenvalue weighted by atomic mass is 9.93. The van der Waals surface area contributed by atoms with Gasteiger partial charge in [0.1, 0.15) is 5.82 Å². The number of halogens is 1. The highest BCUT2D eigenvalue weighted by molar-refractivity contribution is 9.10. The van der Waals surface area contributed by atoms with Crippen LogP contribution in [-0.4, -0.2) is 24.0 Å². The molecule has 1 aliphatic heterocycles. The maximum absolute atomic E-state index is 11.8. The van der Waals surface area contributed by atoms with Gasteiger partial charge in [-0.2, -0.15) is 0 Å². The maximum atomic E-state index is 11.8. The third kappa shape index (κ3) is 4.07. The van der Waals surface area contributed by atoms with Gasteiger partial charge in [-0.25, -0.2) is 4.98 Å². The molecule has 0 radical (unpaired) electrons.